The van der Waals surface area contributed by atoms with E-state index in [2.05, 4.69) is 10.1 Å². The minimum Gasteiger partial charge on any atom is -0.473 e. The van der Waals surface area contributed by atoms with E-state index < -0.39 is 0 Å². The van der Waals surface area contributed by atoms with Crippen LogP contribution in [0.25, 0.3) is 11.3 Å². The van der Waals surface area contributed by atoms with Crippen LogP contribution in [0.5, 0.6) is 5.88 Å². The van der Waals surface area contributed by atoms with Gasteiger partial charge >= 0.3 is 0 Å². The van der Waals surface area contributed by atoms with Gasteiger partial charge in [-0.1, -0.05) is 28.9 Å². The summed E-state index contributed by atoms with van der Waals surface area (Å²) >= 11 is 5.88. The molecule has 2 aromatic heterocycles. The maximum Gasteiger partial charge on any atom is 0.213 e. The second kappa shape index (κ2) is 6.29. The van der Waals surface area contributed by atoms with Crippen molar-refractivity contribution in [2.24, 2.45) is 0 Å². The summed E-state index contributed by atoms with van der Waals surface area (Å²) in [5, 5.41) is 13.4. The molecule has 3 rings (SSSR count). The molecule has 0 aliphatic rings. The molecule has 0 aliphatic heterocycles. The van der Waals surface area contributed by atoms with Crippen LogP contribution in [0, 0.1) is 11.3 Å². The molecule has 22 heavy (non-hydrogen) atoms. The van der Waals surface area contributed by atoms with E-state index in [0.717, 1.165) is 11.1 Å². The Kier molecular flexibility index (Phi) is 4.03. The highest BCUT2D eigenvalue weighted by molar-refractivity contribution is 6.30. The number of aromatic nitrogens is 2. The molecule has 1 aromatic carbocycles. The lowest BCUT2D eigenvalue weighted by molar-refractivity contribution is 0.292. The fourth-order valence-electron chi connectivity index (χ4n) is 1.89. The van der Waals surface area contributed by atoms with Crippen molar-refractivity contribution in [2.45, 2.75) is 6.61 Å². The molecule has 0 saturated carbocycles. The lowest BCUT2D eigenvalue weighted by Crippen LogP contribution is -1.98. The Labute approximate surface area is 131 Å². The third-order valence-corrected chi connectivity index (χ3v) is 3.25. The Morgan fingerprint density at radius 2 is 2.00 bits per heavy atom. The highest BCUT2D eigenvalue weighted by Crippen LogP contribution is 2.24. The summed E-state index contributed by atoms with van der Waals surface area (Å²) in [5.41, 5.74) is 2.88. The Morgan fingerprint density at radius 1 is 1.18 bits per heavy atom. The SMILES string of the molecule is N#Cc1ccc(OCc2conc2-c2ccc(Cl)cc2)nc1. The molecule has 108 valence electrons. The highest BCUT2D eigenvalue weighted by Gasteiger charge is 2.11. The van der Waals surface area contributed by atoms with E-state index in [-0.39, 0.29) is 6.61 Å². The summed E-state index contributed by atoms with van der Waals surface area (Å²) in [6.45, 7) is 0.264. The Hall–Kier alpha value is -2.84. The molecule has 0 fully saturated rings. The summed E-state index contributed by atoms with van der Waals surface area (Å²) in [4.78, 5) is 4.05. The van der Waals surface area contributed by atoms with Gasteiger partial charge in [0, 0.05) is 22.8 Å². The number of hydrogen-bond donors (Lipinski definition) is 0. The molecule has 0 bridgehead atoms. The van der Waals surface area contributed by atoms with Crippen LogP contribution in [0.2, 0.25) is 5.02 Å². The van der Waals surface area contributed by atoms with E-state index in [1.807, 2.05) is 18.2 Å². The number of nitrogens with zero attached hydrogens (tertiary/aromatic N) is 3. The van der Waals surface area contributed by atoms with Crippen molar-refractivity contribution in [3.05, 3.63) is 65.0 Å². The van der Waals surface area contributed by atoms with Gasteiger partial charge in [0.1, 0.15) is 24.6 Å². The molecule has 0 amide bonds. The van der Waals surface area contributed by atoms with Crippen molar-refractivity contribution in [2.75, 3.05) is 0 Å². The molecule has 0 spiro atoms. The first-order chi connectivity index (χ1) is 10.8. The van der Waals surface area contributed by atoms with Crippen molar-refractivity contribution in [3.8, 4) is 23.2 Å². The predicted molar refractivity (Wildman–Crippen MR) is 80.2 cm³/mol. The van der Waals surface area contributed by atoms with E-state index in [0.29, 0.717) is 22.2 Å². The molecule has 6 heteroatoms. The standard InChI is InChI=1S/C16H10ClN3O2/c17-14-4-2-12(3-5-14)16-13(10-22-20-16)9-21-15-6-1-11(7-18)8-19-15/h1-6,8,10H,9H2. The summed E-state index contributed by atoms with van der Waals surface area (Å²) in [5.74, 6) is 0.433. The molecule has 0 unspecified atom stereocenters. The Bertz CT molecular complexity index is 805. The minimum atomic E-state index is 0.264. The van der Waals surface area contributed by atoms with Gasteiger partial charge in [0.15, 0.2) is 0 Å². The molecule has 0 aliphatic carbocycles. The zero-order valence-corrected chi connectivity index (χ0v) is 12.1. The lowest BCUT2D eigenvalue weighted by Gasteiger charge is -2.05. The van der Waals surface area contributed by atoms with E-state index in [9.17, 15) is 0 Å². The topological polar surface area (TPSA) is 71.9 Å². The first kappa shape index (κ1) is 14.1. The monoisotopic (exact) mass is 311 g/mol. The van der Waals surface area contributed by atoms with Gasteiger partial charge in [0.2, 0.25) is 5.88 Å². The first-order valence-electron chi connectivity index (χ1n) is 6.44. The van der Waals surface area contributed by atoms with Gasteiger partial charge in [-0.25, -0.2) is 4.98 Å². The molecular formula is C16H10ClN3O2. The molecule has 0 atom stereocenters. The number of benzene rings is 1. The fraction of sp³-hybridized carbons (Fsp3) is 0.0625. The van der Waals surface area contributed by atoms with Gasteiger partial charge < -0.3 is 9.26 Å². The van der Waals surface area contributed by atoms with Crippen molar-refractivity contribution in [3.63, 3.8) is 0 Å². The van der Waals surface area contributed by atoms with Crippen LogP contribution in [-0.4, -0.2) is 10.1 Å². The molecule has 0 saturated heterocycles. The quantitative estimate of drug-likeness (QED) is 0.732. The maximum atomic E-state index is 8.73. The van der Waals surface area contributed by atoms with Crippen LogP contribution in [-0.2, 0) is 6.61 Å². The van der Waals surface area contributed by atoms with Crippen LogP contribution >= 0.6 is 11.6 Å². The predicted octanol–water partition coefficient (Wildman–Crippen LogP) is 3.84. The first-order valence-corrected chi connectivity index (χ1v) is 6.82. The lowest BCUT2D eigenvalue weighted by atomic mass is 10.1. The van der Waals surface area contributed by atoms with Crippen LogP contribution in [0.1, 0.15) is 11.1 Å². The van der Waals surface area contributed by atoms with Gasteiger partial charge in [0.05, 0.1) is 11.1 Å². The Balaban J connectivity index is 1.75. The summed E-state index contributed by atoms with van der Waals surface area (Å²) in [7, 11) is 0. The number of ether oxygens (including phenoxy) is 1. The van der Waals surface area contributed by atoms with Crippen molar-refractivity contribution < 1.29 is 9.26 Å². The van der Waals surface area contributed by atoms with Gasteiger partial charge in [-0.05, 0) is 18.2 Å². The van der Waals surface area contributed by atoms with Crippen LogP contribution in [0.4, 0.5) is 0 Å². The fourth-order valence-corrected chi connectivity index (χ4v) is 2.01. The average Bonchev–Trinajstić information content (AvgIpc) is 3.02. The van der Waals surface area contributed by atoms with E-state index >= 15 is 0 Å². The van der Waals surface area contributed by atoms with Crippen LogP contribution < -0.4 is 4.74 Å². The van der Waals surface area contributed by atoms with E-state index in [1.165, 1.54) is 12.5 Å². The third kappa shape index (κ3) is 3.08. The van der Waals surface area contributed by atoms with E-state index in [1.54, 1.807) is 24.3 Å². The average molecular weight is 312 g/mol. The molecule has 5 nitrogen and oxygen atoms in total. The second-order valence-corrected chi connectivity index (χ2v) is 4.92. The Morgan fingerprint density at radius 3 is 2.68 bits per heavy atom. The zero-order chi connectivity index (χ0) is 15.4. The van der Waals surface area contributed by atoms with Crippen LogP contribution in [0.15, 0.2) is 53.4 Å². The number of nitriles is 1. The van der Waals surface area contributed by atoms with Gasteiger partial charge in [-0.15, -0.1) is 0 Å². The summed E-state index contributed by atoms with van der Waals surface area (Å²) in [6, 6.07) is 12.6. The molecule has 3 aromatic rings. The molecule has 0 radical (unpaired) electrons. The number of halogens is 1. The minimum absolute atomic E-state index is 0.264. The summed E-state index contributed by atoms with van der Waals surface area (Å²) < 4.78 is 10.6. The number of rotatable bonds is 4. The number of pyridine rings is 1. The summed E-state index contributed by atoms with van der Waals surface area (Å²) in [6.07, 6.45) is 3.00. The van der Waals surface area contributed by atoms with Gasteiger partial charge in [0.25, 0.3) is 0 Å². The van der Waals surface area contributed by atoms with Gasteiger partial charge in [-0.2, -0.15) is 5.26 Å². The molecule has 0 N–H and O–H groups in total. The normalized spacial score (nSPS) is 10.2. The maximum absolute atomic E-state index is 8.73. The largest absolute Gasteiger partial charge is 0.473 e. The smallest absolute Gasteiger partial charge is 0.213 e. The number of hydrogen-bond acceptors (Lipinski definition) is 5. The molecular weight excluding hydrogens is 302 g/mol. The zero-order valence-electron chi connectivity index (χ0n) is 11.4. The van der Waals surface area contributed by atoms with Crippen molar-refractivity contribution in [1.82, 2.24) is 10.1 Å². The molecule has 2 heterocycles. The third-order valence-electron chi connectivity index (χ3n) is 3.00. The second-order valence-electron chi connectivity index (χ2n) is 4.48. The van der Waals surface area contributed by atoms with Crippen molar-refractivity contribution in [1.29, 1.82) is 5.26 Å². The highest BCUT2D eigenvalue weighted by atomic mass is 35.5. The van der Waals surface area contributed by atoms with Crippen molar-refractivity contribution >= 4 is 11.6 Å². The van der Waals surface area contributed by atoms with Gasteiger partial charge in [-0.3, -0.25) is 0 Å². The van der Waals surface area contributed by atoms with E-state index in [4.69, 9.17) is 26.1 Å². The van der Waals surface area contributed by atoms with Crippen LogP contribution in [0.3, 0.4) is 0 Å².